The van der Waals surface area contributed by atoms with Crippen LogP contribution in [0.3, 0.4) is 0 Å². The summed E-state index contributed by atoms with van der Waals surface area (Å²) in [5, 5.41) is 3.55. The van der Waals surface area contributed by atoms with Gasteiger partial charge in [-0.3, -0.25) is 9.48 Å². The first-order valence-corrected chi connectivity index (χ1v) is 11.6. The van der Waals surface area contributed by atoms with Crippen molar-refractivity contribution in [2.24, 2.45) is 0 Å². The lowest BCUT2D eigenvalue weighted by molar-refractivity contribution is -0.146. The van der Waals surface area contributed by atoms with Gasteiger partial charge in [0.15, 0.2) is 15.5 Å². The number of benzene rings is 1. The second-order valence-corrected chi connectivity index (χ2v) is 9.37. The molecule has 0 aliphatic heterocycles. The number of aromatic nitrogens is 3. The molecule has 0 aliphatic rings. The minimum Gasteiger partial charge on any atom is -0.465 e. The number of nitrogens with one attached hydrogen (secondary N) is 1. The van der Waals surface area contributed by atoms with Crippen LogP contribution < -0.4 is 0 Å². The number of halogens is 4. The van der Waals surface area contributed by atoms with Gasteiger partial charge in [-0.25, -0.2) is 8.42 Å². The fourth-order valence-electron chi connectivity index (χ4n) is 2.92. The highest BCUT2D eigenvalue weighted by Crippen LogP contribution is 2.40. The summed E-state index contributed by atoms with van der Waals surface area (Å²) in [7, 11) is -3.44. The lowest BCUT2D eigenvalue weighted by Crippen LogP contribution is -2.16. The molecule has 1 N–H and O–H groups in total. The van der Waals surface area contributed by atoms with Crippen LogP contribution in [-0.4, -0.2) is 42.0 Å². The molecule has 0 spiro atoms. The van der Waals surface area contributed by atoms with Crippen molar-refractivity contribution in [3.63, 3.8) is 0 Å². The molecule has 0 fully saturated rings. The standard InChI is InChI=1S/C19H17BrF3N3O4S/c1-3-30-15(27)10-26-17(16(20)18(25-26)19(21,22)23)14-8-7-13(24-14)11-5-4-6-12(9-11)31(2,28)29/h4-9,24H,3,10H2,1-2H3. The van der Waals surface area contributed by atoms with Gasteiger partial charge in [0.05, 0.1) is 27.4 Å². The van der Waals surface area contributed by atoms with Crippen LogP contribution in [0.25, 0.3) is 22.6 Å². The zero-order valence-corrected chi connectivity index (χ0v) is 18.7. The van der Waals surface area contributed by atoms with Crippen LogP contribution in [0.15, 0.2) is 45.8 Å². The number of esters is 1. The highest BCUT2D eigenvalue weighted by molar-refractivity contribution is 9.10. The number of nitrogens with zero attached hydrogens (tertiary/aromatic N) is 2. The van der Waals surface area contributed by atoms with Crippen LogP contribution in [0.4, 0.5) is 13.2 Å². The molecule has 0 atom stereocenters. The monoisotopic (exact) mass is 519 g/mol. The van der Waals surface area contributed by atoms with Gasteiger partial charge in [0.2, 0.25) is 0 Å². The maximum Gasteiger partial charge on any atom is 0.436 e. The average molecular weight is 520 g/mol. The van der Waals surface area contributed by atoms with Crippen LogP contribution in [0.5, 0.6) is 0 Å². The first kappa shape index (κ1) is 23.1. The van der Waals surface area contributed by atoms with Crippen LogP contribution >= 0.6 is 15.9 Å². The second-order valence-electron chi connectivity index (χ2n) is 6.56. The van der Waals surface area contributed by atoms with Crippen LogP contribution in [-0.2, 0) is 32.1 Å². The molecule has 0 amide bonds. The Labute approximate surface area is 184 Å². The van der Waals surface area contributed by atoms with E-state index in [0.29, 0.717) is 11.3 Å². The van der Waals surface area contributed by atoms with E-state index in [1.54, 1.807) is 25.1 Å². The van der Waals surface area contributed by atoms with Crippen molar-refractivity contribution < 1.29 is 31.1 Å². The number of carbonyl (C=O) groups is 1. The fraction of sp³-hybridized carbons (Fsp3) is 0.263. The van der Waals surface area contributed by atoms with Crippen molar-refractivity contribution in [1.82, 2.24) is 14.8 Å². The second kappa shape index (κ2) is 8.50. The first-order chi connectivity index (χ1) is 14.4. The number of hydrogen-bond acceptors (Lipinski definition) is 5. The molecule has 166 valence electrons. The van der Waals surface area contributed by atoms with Gasteiger partial charge >= 0.3 is 12.1 Å². The van der Waals surface area contributed by atoms with Crippen molar-refractivity contribution in [3.8, 4) is 22.6 Å². The summed E-state index contributed by atoms with van der Waals surface area (Å²) >= 11 is 2.95. The van der Waals surface area contributed by atoms with E-state index in [2.05, 4.69) is 26.0 Å². The summed E-state index contributed by atoms with van der Waals surface area (Å²) in [6.07, 6.45) is -3.66. The molecular formula is C19H17BrF3N3O4S. The summed E-state index contributed by atoms with van der Waals surface area (Å²) in [5.41, 5.74) is 0.0782. The Kier molecular flexibility index (Phi) is 6.33. The molecule has 1 aromatic carbocycles. The molecule has 3 rings (SSSR count). The number of H-pyrrole nitrogens is 1. The van der Waals surface area contributed by atoms with Gasteiger partial charge in [-0.1, -0.05) is 12.1 Å². The van der Waals surface area contributed by atoms with Crippen molar-refractivity contribution >= 4 is 31.7 Å². The molecule has 3 aromatic rings. The number of sulfone groups is 1. The number of hydrogen-bond donors (Lipinski definition) is 1. The largest absolute Gasteiger partial charge is 0.465 e. The Morgan fingerprint density at radius 3 is 2.52 bits per heavy atom. The minimum absolute atomic E-state index is 0.00546. The third-order valence-electron chi connectivity index (χ3n) is 4.26. The van der Waals surface area contributed by atoms with Crippen molar-refractivity contribution in [2.45, 2.75) is 24.5 Å². The molecule has 0 saturated heterocycles. The van der Waals surface area contributed by atoms with Crippen LogP contribution in [0.2, 0.25) is 0 Å². The van der Waals surface area contributed by atoms with E-state index in [-0.39, 0.29) is 27.4 Å². The number of alkyl halides is 3. The molecule has 0 unspecified atom stereocenters. The normalized spacial score (nSPS) is 12.2. The highest BCUT2D eigenvalue weighted by atomic mass is 79.9. The van der Waals surface area contributed by atoms with Gasteiger partial charge in [-0.15, -0.1) is 0 Å². The molecular weight excluding hydrogens is 503 g/mol. The van der Waals surface area contributed by atoms with E-state index in [0.717, 1.165) is 10.9 Å². The Morgan fingerprint density at radius 2 is 1.90 bits per heavy atom. The van der Waals surface area contributed by atoms with Gasteiger partial charge in [0.1, 0.15) is 6.54 Å². The molecule has 0 aliphatic carbocycles. The smallest absolute Gasteiger partial charge is 0.436 e. The molecule has 2 aromatic heterocycles. The van der Waals surface area contributed by atoms with Crippen molar-refractivity contribution in [3.05, 3.63) is 46.6 Å². The lowest BCUT2D eigenvalue weighted by atomic mass is 10.2. The van der Waals surface area contributed by atoms with Gasteiger partial charge < -0.3 is 9.72 Å². The third-order valence-corrected chi connectivity index (χ3v) is 6.12. The number of ether oxygens (including phenoxy) is 1. The van der Waals surface area contributed by atoms with E-state index in [9.17, 15) is 26.4 Å². The summed E-state index contributed by atoms with van der Waals surface area (Å²) in [6, 6.07) is 9.25. The van der Waals surface area contributed by atoms with E-state index >= 15 is 0 Å². The Balaban J connectivity index is 2.08. The fourth-order valence-corrected chi connectivity index (χ4v) is 4.31. The average Bonchev–Trinajstić information content (AvgIpc) is 3.25. The van der Waals surface area contributed by atoms with Gasteiger partial charge in [0.25, 0.3) is 0 Å². The molecule has 0 saturated carbocycles. The van der Waals surface area contributed by atoms with Crippen LogP contribution in [0, 0.1) is 0 Å². The van der Waals surface area contributed by atoms with Gasteiger partial charge in [-0.05, 0) is 52.7 Å². The Hall–Kier alpha value is -2.60. The predicted octanol–water partition coefficient (Wildman–Crippen LogP) is 4.29. The molecule has 31 heavy (non-hydrogen) atoms. The topological polar surface area (TPSA) is 94.1 Å². The molecule has 7 nitrogen and oxygen atoms in total. The summed E-state index contributed by atoms with van der Waals surface area (Å²) in [6.45, 7) is 1.14. The minimum atomic E-state index is -4.74. The molecule has 2 heterocycles. The molecule has 0 radical (unpaired) electrons. The highest BCUT2D eigenvalue weighted by Gasteiger charge is 2.39. The third kappa shape index (κ3) is 5.01. The molecule has 0 bridgehead atoms. The summed E-state index contributed by atoms with van der Waals surface area (Å²) in [5.74, 6) is -0.736. The number of rotatable bonds is 6. The predicted molar refractivity (Wildman–Crippen MR) is 110 cm³/mol. The van der Waals surface area contributed by atoms with Crippen molar-refractivity contribution in [2.75, 3.05) is 12.9 Å². The van der Waals surface area contributed by atoms with Crippen molar-refractivity contribution in [1.29, 1.82) is 0 Å². The Morgan fingerprint density at radius 1 is 1.23 bits per heavy atom. The van der Waals surface area contributed by atoms with Crippen LogP contribution in [0.1, 0.15) is 12.6 Å². The quantitative estimate of drug-likeness (QED) is 0.490. The zero-order valence-electron chi connectivity index (χ0n) is 16.3. The summed E-state index contributed by atoms with van der Waals surface area (Å²) < 4.78 is 69.2. The SMILES string of the molecule is CCOC(=O)Cn1nc(C(F)(F)F)c(Br)c1-c1ccc(-c2cccc(S(C)(=O)=O)c2)[nH]1. The van der Waals surface area contributed by atoms with Gasteiger partial charge in [0, 0.05) is 11.9 Å². The van der Waals surface area contributed by atoms with E-state index in [4.69, 9.17) is 4.74 Å². The maximum absolute atomic E-state index is 13.4. The lowest BCUT2D eigenvalue weighted by Gasteiger charge is -2.07. The summed E-state index contributed by atoms with van der Waals surface area (Å²) in [4.78, 5) is 15.0. The van der Waals surface area contributed by atoms with E-state index in [1.807, 2.05) is 0 Å². The molecule has 12 heteroatoms. The van der Waals surface area contributed by atoms with Gasteiger partial charge in [-0.2, -0.15) is 18.3 Å². The van der Waals surface area contributed by atoms with E-state index < -0.39 is 34.2 Å². The maximum atomic E-state index is 13.4. The number of aromatic amines is 1. The number of carbonyl (C=O) groups excluding carboxylic acids is 1. The zero-order chi connectivity index (χ0) is 23.0. The van der Waals surface area contributed by atoms with E-state index in [1.165, 1.54) is 18.2 Å². The Bertz CT molecular complexity index is 1230. The first-order valence-electron chi connectivity index (χ1n) is 8.90.